The van der Waals surface area contributed by atoms with Crippen LogP contribution < -0.4 is 10.1 Å². The lowest BCUT2D eigenvalue weighted by atomic mass is 9.94. The summed E-state index contributed by atoms with van der Waals surface area (Å²) in [5.41, 5.74) is 1.29. The van der Waals surface area contributed by atoms with Crippen LogP contribution in [0.5, 0.6) is 5.75 Å². The first kappa shape index (κ1) is 28.0. The van der Waals surface area contributed by atoms with Gasteiger partial charge in [0, 0.05) is 12.6 Å². The highest BCUT2D eigenvalue weighted by Gasteiger charge is 2.33. The molecule has 1 aliphatic carbocycles. The molecule has 1 saturated carbocycles. The second kappa shape index (κ2) is 12.8. The Hall–Kier alpha value is -4.54. The van der Waals surface area contributed by atoms with Gasteiger partial charge in [-0.2, -0.15) is 4.80 Å². The molecule has 11 heteroatoms. The topological polar surface area (TPSA) is 115 Å². The summed E-state index contributed by atoms with van der Waals surface area (Å²) >= 11 is 0. The smallest absolute Gasteiger partial charge is 0.247 e. The molecular formula is C30H33FN6O4. The van der Waals surface area contributed by atoms with Crippen molar-refractivity contribution in [3.8, 4) is 17.3 Å². The standard InChI is InChI=1S/C30H33FN6O4/c1-20-8-17-26(41-20)29-33-35-37(34-29)19-27(38)36(18-21-9-15-25(40-2)16-10-21)28(22-11-13-23(31)14-12-22)30(39)32-24-6-4-3-5-7-24/h8-17,24,28H,3-7,18-19H2,1-2H3,(H,32,39). The van der Waals surface area contributed by atoms with Gasteiger partial charge in [-0.05, 0) is 72.5 Å². The van der Waals surface area contributed by atoms with Gasteiger partial charge in [0.1, 0.15) is 29.9 Å². The number of halogens is 1. The van der Waals surface area contributed by atoms with E-state index in [1.54, 1.807) is 43.5 Å². The third-order valence-electron chi connectivity index (χ3n) is 7.22. The molecule has 41 heavy (non-hydrogen) atoms. The van der Waals surface area contributed by atoms with Crippen LogP contribution in [0.1, 0.15) is 55.0 Å². The lowest BCUT2D eigenvalue weighted by molar-refractivity contribution is -0.142. The Labute approximate surface area is 237 Å². The first-order valence-electron chi connectivity index (χ1n) is 13.7. The fourth-order valence-electron chi connectivity index (χ4n) is 5.07. The van der Waals surface area contributed by atoms with Gasteiger partial charge < -0.3 is 19.4 Å². The summed E-state index contributed by atoms with van der Waals surface area (Å²) in [6.07, 6.45) is 4.98. The summed E-state index contributed by atoms with van der Waals surface area (Å²) in [6, 6.07) is 15.5. The predicted molar refractivity (Wildman–Crippen MR) is 148 cm³/mol. The van der Waals surface area contributed by atoms with Gasteiger partial charge in [0.15, 0.2) is 5.76 Å². The first-order valence-corrected chi connectivity index (χ1v) is 13.7. The maximum absolute atomic E-state index is 14.0. The number of aromatic nitrogens is 4. The van der Waals surface area contributed by atoms with E-state index in [-0.39, 0.29) is 30.9 Å². The molecule has 1 N–H and O–H groups in total. The number of methoxy groups -OCH3 is 1. The second-order valence-electron chi connectivity index (χ2n) is 10.2. The highest BCUT2D eigenvalue weighted by Crippen LogP contribution is 2.27. The number of carbonyl (C=O) groups is 2. The summed E-state index contributed by atoms with van der Waals surface area (Å²) in [4.78, 5) is 30.5. The van der Waals surface area contributed by atoms with E-state index >= 15 is 0 Å². The molecule has 1 fully saturated rings. The maximum Gasteiger partial charge on any atom is 0.247 e. The van der Waals surface area contributed by atoms with Crippen molar-refractivity contribution in [1.29, 1.82) is 0 Å². The van der Waals surface area contributed by atoms with Gasteiger partial charge in [-0.3, -0.25) is 9.59 Å². The SMILES string of the molecule is COc1ccc(CN(C(=O)Cn2nnc(-c3ccc(C)o3)n2)C(C(=O)NC2CCCCC2)c2ccc(F)cc2)cc1. The molecule has 0 radical (unpaired) electrons. The molecule has 1 atom stereocenters. The van der Waals surface area contributed by atoms with Gasteiger partial charge in [-0.25, -0.2) is 4.39 Å². The second-order valence-corrected chi connectivity index (χ2v) is 10.2. The van der Waals surface area contributed by atoms with Crippen LogP contribution >= 0.6 is 0 Å². The molecule has 0 saturated heterocycles. The average Bonchev–Trinajstić information content (AvgIpc) is 3.63. The van der Waals surface area contributed by atoms with Crippen molar-refractivity contribution in [3.63, 3.8) is 0 Å². The number of carbonyl (C=O) groups excluding carboxylic acids is 2. The molecule has 0 bridgehead atoms. The third-order valence-corrected chi connectivity index (χ3v) is 7.22. The fraction of sp³-hybridized carbons (Fsp3) is 0.367. The zero-order chi connectivity index (χ0) is 28.8. The molecule has 10 nitrogen and oxygen atoms in total. The molecule has 2 aromatic heterocycles. The molecule has 2 aromatic carbocycles. The van der Waals surface area contributed by atoms with E-state index in [9.17, 15) is 14.0 Å². The largest absolute Gasteiger partial charge is 0.497 e. The van der Waals surface area contributed by atoms with Crippen LogP contribution in [0.15, 0.2) is 65.1 Å². The van der Waals surface area contributed by atoms with Crippen LogP contribution in [0.25, 0.3) is 11.6 Å². The van der Waals surface area contributed by atoms with Gasteiger partial charge in [0.25, 0.3) is 0 Å². The van der Waals surface area contributed by atoms with E-state index in [4.69, 9.17) is 9.15 Å². The fourth-order valence-corrected chi connectivity index (χ4v) is 5.07. The number of nitrogens with one attached hydrogen (secondary N) is 1. The normalized spacial score (nSPS) is 14.4. The van der Waals surface area contributed by atoms with E-state index in [1.807, 2.05) is 19.1 Å². The van der Waals surface area contributed by atoms with Crippen LogP contribution in [-0.4, -0.2) is 50.1 Å². The Balaban J connectivity index is 1.47. The molecule has 2 heterocycles. The third kappa shape index (κ3) is 6.97. The Morgan fingerprint density at radius 2 is 1.80 bits per heavy atom. The van der Waals surface area contributed by atoms with Crippen LogP contribution in [0, 0.1) is 12.7 Å². The minimum atomic E-state index is -1.01. The van der Waals surface area contributed by atoms with Gasteiger partial charge in [-0.1, -0.05) is 43.5 Å². The van der Waals surface area contributed by atoms with Gasteiger partial charge in [-0.15, -0.1) is 10.2 Å². The maximum atomic E-state index is 14.0. The zero-order valence-corrected chi connectivity index (χ0v) is 23.1. The summed E-state index contributed by atoms with van der Waals surface area (Å²) in [5.74, 6) is 0.899. The number of aryl methyl sites for hydroxylation is 1. The number of benzene rings is 2. The number of furan rings is 1. The van der Waals surface area contributed by atoms with Crippen molar-refractivity contribution in [2.75, 3.05) is 7.11 Å². The van der Waals surface area contributed by atoms with E-state index in [2.05, 4.69) is 20.7 Å². The molecule has 0 aliphatic heterocycles. The minimum absolute atomic E-state index is 0.0217. The number of nitrogens with zero attached hydrogens (tertiary/aromatic N) is 5. The minimum Gasteiger partial charge on any atom is -0.497 e. The predicted octanol–water partition coefficient (Wildman–Crippen LogP) is 4.61. The molecule has 0 spiro atoms. The molecule has 2 amide bonds. The van der Waals surface area contributed by atoms with Crippen molar-refractivity contribution < 1.29 is 23.1 Å². The van der Waals surface area contributed by atoms with Crippen LogP contribution in [0.4, 0.5) is 4.39 Å². The summed E-state index contributed by atoms with van der Waals surface area (Å²) in [7, 11) is 1.58. The number of ether oxygens (including phenoxy) is 1. The van der Waals surface area contributed by atoms with Crippen LogP contribution in [-0.2, 0) is 22.7 Å². The molecule has 1 unspecified atom stereocenters. The van der Waals surface area contributed by atoms with Gasteiger partial charge in [0.05, 0.1) is 7.11 Å². The van der Waals surface area contributed by atoms with E-state index in [0.717, 1.165) is 37.7 Å². The Kier molecular flexibility index (Phi) is 8.71. The molecule has 5 rings (SSSR count). The van der Waals surface area contributed by atoms with Crippen molar-refractivity contribution in [2.45, 2.75) is 64.2 Å². The highest BCUT2D eigenvalue weighted by molar-refractivity contribution is 5.89. The molecule has 214 valence electrons. The number of rotatable bonds is 10. The average molecular weight is 561 g/mol. The van der Waals surface area contributed by atoms with Crippen molar-refractivity contribution >= 4 is 11.8 Å². The summed E-state index contributed by atoms with van der Waals surface area (Å²) < 4.78 is 24.8. The van der Waals surface area contributed by atoms with Gasteiger partial charge >= 0.3 is 0 Å². The highest BCUT2D eigenvalue weighted by atomic mass is 19.1. The Bertz CT molecular complexity index is 1460. The number of tetrazole rings is 1. The Morgan fingerprint density at radius 1 is 1.07 bits per heavy atom. The Morgan fingerprint density at radius 3 is 2.46 bits per heavy atom. The van der Waals surface area contributed by atoms with Gasteiger partial charge in [0.2, 0.25) is 17.6 Å². The number of hydrogen-bond acceptors (Lipinski definition) is 7. The quantitative estimate of drug-likeness (QED) is 0.301. The van der Waals surface area contributed by atoms with Crippen LogP contribution in [0.2, 0.25) is 0 Å². The van der Waals surface area contributed by atoms with E-state index in [1.165, 1.54) is 21.8 Å². The summed E-state index contributed by atoms with van der Waals surface area (Å²) in [6.45, 7) is 1.65. The summed E-state index contributed by atoms with van der Waals surface area (Å²) in [5, 5.41) is 15.5. The van der Waals surface area contributed by atoms with Crippen molar-refractivity contribution in [1.82, 2.24) is 30.4 Å². The van der Waals surface area contributed by atoms with E-state index < -0.39 is 17.8 Å². The molecule has 4 aromatic rings. The number of amides is 2. The van der Waals surface area contributed by atoms with E-state index in [0.29, 0.717) is 22.8 Å². The van der Waals surface area contributed by atoms with Crippen LogP contribution in [0.3, 0.4) is 0 Å². The lowest BCUT2D eigenvalue weighted by Crippen LogP contribution is -2.47. The first-order chi connectivity index (χ1) is 19.9. The number of hydrogen-bond donors (Lipinski definition) is 1. The molecule has 1 aliphatic rings. The zero-order valence-electron chi connectivity index (χ0n) is 23.1. The van der Waals surface area contributed by atoms with Crippen molar-refractivity contribution in [3.05, 3.63) is 83.4 Å². The van der Waals surface area contributed by atoms with Crippen molar-refractivity contribution in [2.24, 2.45) is 0 Å². The monoisotopic (exact) mass is 560 g/mol. The lowest BCUT2D eigenvalue weighted by Gasteiger charge is -2.33. The molecular weight excluding hydrogens is 527 g/mol.